The van der Waals surface area contributed by atoms with Gasteiger partial charge in [-0.3, -0.25) is 4.79 Å². The molecule has 0 aromatic rings. The molecule has 1 unspecified atom stereocenters. The Bertz CT molecular complexity index is 665. The second kappa shape index (κ2) is 5.04. The normalized spacial score (nSPS) is 42.0. The van der Waals surface area contributed by atoms with Gasteiger partial charge in [-0.05, 0) is 73.2 Å². The Morgan fingerprint density at radius 2 is 2.17 bits per heavy atom. The van der Waals surface area contributed by atoms with E-state index in [4.69, 9.17) is 0 Å². The smallest absolute Gasteiger partial charge is 0.156 e. The second-order valence-corrected chi connectivity index (χ2v) is 8.00. The first-order chi connectivity index (χ1) is 11.0. The van der Waals surface area contributed by atoms with Crippen LogP contribution in [0.15, 0.2) is 47.6 Å². The Hall–Kier alpha value is -1.41. The van der Waals surface area contributed by atoms with Gasteiger partial charge in [0.15, 0.2) is 5.78 Å². The zero-order chi connectivity index (χ0) is 16.2. The zero-order valence-corrected chi connectivity index (χ0v) is 14.0. The van der Waals surface area contributed by atoms with E-state index in [1.807, 2.05) is 12.2 Å². The van der Waals surface area contributed by atoms with Crippen molar-refractivity contribution in [2.45, 2.75) is 57.5 Å². The van der Waals surface area contributed by atoms with E-state index in [9.17, 15) is 9.90 Å². The lowest BCUT2D eigenvalue weighted by Gasteiger charge is -2.48. The Balaban J connectivity index is 1.79. The number of hydrogen-bond donors (Lipinski definition) is 1. The molecule has 2 heteroatoms. The molecule has 4 aliphatic rings. The third-order valence-corrected chi connectivity index (χ3v) is 7.04. The largest absolute Gasteiger partial charge is 0.389 e. The third-order valence-electron chi connectivity index (χ3n) is 7.04. The lowest BCUT2D eigenvalue weighted by Crippen LogP contribution is -2.47. The van der Waals surface area contributed by atoms with Gasteiger partial charge < -0.3 is 5.11 Å². The van der Waals surface area contributed by atoms with Gasteiger partial charge in [-0.1, -0.05) is 25.2 Å². The van der Waals surface area contributed by atoms with Crippen molar-refractivity contribution >= 4 is 5.78 Å². The molecule has 4 aliphatic carbocycles. The van der Waals surface area contributed by atoms with Crippen LogP contribution in [0.3, 0.4) is 0 Å². The highest BCUT2D eigenvalue weighted by molar-refractivity contribution is 5.93. The number of carbonyl (C=O) groups is 1. The fourth-order valence-corrected chi connectivity index (χ4v) is 5.68. The molecule has 0 spiro atoms. The standard InChI is InChI=1S/C21H26O2/c1-3-10-21(23)12-9-19-18-6-4-14-13-15(22)5-7-16(14)17(18)8-11-20(19,21)2/h3,8,11,13,18-19,23H,1,4-7,9-10,12H2,2H3/t18-,19+,20+,21?/m1/s1. The molecule has 2 nitrogen and oxygen atoms in total. The Morgan fingerprint density at radius 3 is 2.96 bits per heavy atom. The first kappa shape index (κ1) is 15.1. The predicted octanol–water partition coefficient (Wildman–Crippen LogP) is 4.28. The number of ketones is 1. The fraction of sp³-hybridized carbons (Fsp3) is 0.571. The maximum Gasteiger partial charge on any atom is 0.156 e. The summed E-state index contributed by atoms with van der Waals surface area (Å²) < 4.78 is 0. The molecular formula is C21H26O2. The van der Waals surface area contributed by atoms with Crippen molar-refractivity contribution in [1.82, 2.24) is 0 Å². The summed E-state index contributed by atoms with van der Waals surface area (Å²) in [6.07, 6.45) is 14.6. The summed E-state index contributed by atoms with van der Waals surface area (Å²) >= 11 is 0. The molecule has 122 valence electrons. The van der Waals surface area contributed by atoms with E-state index in [0.29, 0.717) is 24.7 Å². The van der Waals surface area contributed by atoms with Gasteiger partial charge in [-0.25, -0.2) is 0 Å². The summed E-state index contributed by atoms with van der Waals surface area (Å²) in [4.78, 5) is 11.7. The van der Waals surface area contributed by atoms with E-state index < -0.39 is 5.60 Å². The van der Waals surface area contributed by atoms with Crippen LogP contribution in [0.25, 0.3) is 0 Å². The van der Waals surface area contributed by atoms with Gasteiger partial charge in [-0.2, -0.15) is 0 Å². The summed E-state index contributed by atoms with van der Waals surface area (Å²) in [5.74, 6) is 1.34. The Morgan fingerprint density at radius 1 is 1.35 bits per heavy atom. The third kappa shape index (κ3) is 2.00. The van der Waals surface area contributed by atoms with Gasteiger partial charge >= 0.3 is 0 Å². The van der Waals surface area contributed by atoms with E-state index in [-0.39, 0.29) is 11.2 Å². The highest BCUT2D eigenvalue weighted by Gasteiger charge is 2.58. The number of rotatable bonds is 2. The minimum Gasteiger partial charge on any atom is -0.389 e. The number of fused-ring (bicyclic) bond motifs is 4. The molecule has 4 rings (SSSR count). The lowest BCUT2D eigenvalue weighted by atomic mass is 9.58. The molecule has 0 aliphatic heterocycles. The average Bonchev–Trinajstić information content (AvgIpc) is 2.79. The SMILES string of the molecule is C=CCC1(O)CC[C@H]2[C@@H]3CCC4=CC(=O)CCC4=C3C=C[C@@]21C. The molecule has 0 bridgehead atoms. The average molecular weight is 310 g/mol. The molecule has 0 aromatic heterocycles. The van der Waals surface area contributed by atoms with Crippen LogP contribution in [-0.4, -0.2) is 16.5 Å². The van der Waals surface area contributed by atoms with E-state index >= 15 is 0 Å². The van der Waals surface area contributed by atoms with Gasteiger partial charge in [0.2, 0.25) is 0 Å². The van der Waals surface area contributed by atoms with Crippen molar-refractivity contribution < 1.29 is 9.90 Å². The summed E-state index contributed by atoms with van der Waals surface area (Å²) in [5, 5.41) is 11.2. The van der Waals surface area contributed by atoms with E-state index in [0.717, 1.165) is 32.1 Å². The number of carbonyl (C=O) groups excluding carboxylic acids is 1. The topological polar surface area (TPSA) is 37.3 Å². The van der Waals surface area contributed by atoms with Crippen LogP contribution in [0, 0.1) is 17.3 Å². The monoisotopic (exact) mass is 310 g/mol. The Labute approximate surface area is 138 Å². The van der Waals surface area contributed by atoms with E-state index in [2.05, 4.69) is 25.7 Å². The highest BCUT2D eigenvalue weighted by Crippen LogP contribution is 2.61. The predicted molar refractivity (Wildman–Crippen MR) is 91.8 cm³/mol. The maximum atomic E-state index is 11.7. The van der Waals surface area contributed by atoms with Crippen LogP contribution < -0.4 is 0 Å². The molecular weight excluding hydrogens is 284 g/mol. The van der Waals surface area contributed by atoms with Crippen molar-refractivity contribution in [3.05, 3.63) is 47.6 Å². The van der Waals surface area contributed by atoms with E-state index in [1.54, 1.807) is 0 Å². The molecule has 23 heavy (non-hydrogen) atoms. The summed E-state index contributed by atoms with van der Waals surface area (Å²) in [7, 11) is 0. The van der Waals surface area contributed by atoms with E-state index in [1.165, 1.54) is 16.7 Å². The van der Waals surface area contributed by atoms with Crippen LogP contribution in [0.5, 0.6) is 0 Å². The van der Waals surface area contributed by atoms with Gasteiger partial charge in [0.05, 0.1) is 5.60 Å². The van der Waals surface area contributed by atoms with Crippen LogP contribution in [0.2, 0.25) is 0 Å². The van der Waals surface area contributed by atoms with Crippen LogP contribution >= 0.6 is 0 Å². The molecule has 4 atom stereocenters. The lowest BCUT2D eigenvalue weighted by molar-refractivity contribution is -0.114. The molecule has 1 saturated carbocycles. The van der Waals surface area contributed by atoms with Crippen LogP contribution in [0.1, 0.15) is 51.9 Å². The summed E-state index contributed by atoms with van der Waals surface area (Å²) in [6, 6.07) is 0. The van der Waals surface area contributed by atoms with Crippen molar-refractivity contribution in [3.63, 3.8) is 0 Å². The molecule has 0 saturated heterocycles. The molecule has 0 amide bonds. The number of hydrogen-bond acceptors (Lipinski definition) is 2. The minimum atomic E-state index is -0.648. The zero-order valence-electron chi connectivity index (χ0n) is 14.0. The van der Waals surface area contributed by atoms with Crippen LogP contribution in [-0.2, 0) is 4.79 Å². The molecule has 0 radical (unpaired) electrons. The second-order valence-electron chi connectivity index (χ2n) is 8.00. The molecule has 1 fully saturated rings. The molecule has 1 N–H and O–H groups in total. The van der Waals surface area contributed by atoms with Crippen molar-refractivity contribution in [3.8, 4) is 0 Å². The highest BCUT2D eigenvalue weighted by atomic mass is 16.3. The van der Waals surface area contributed by atoms with Crippen LogP contribution in [0.4, 0.5) is 0 Å². The van der Waals surface area contributed by atoms with Crippen molar-refractivity contribution in [2.75, 3.05) is 0 Å². The molecule has 0 heterocycles. The van der Waals surface area contributed by atoms with Gasteiger partial charge in [0.1, 0.15) is 0 Å². The quantitative estimate of drug-likeness (QED) is 0.773. The first-order valence-corrected chi connectivity index (χ1v) is 8.98. The molecule has 0 aromatic carbocycles. The number of allylic oxidation sites excluding steroid dienone is 5. The fourth-order valence-electron chi connectivity index (χ4n) is 5.68. The van der Waals surface area contributed by atoms with Gasteiger partial charge in [0, 0.05) is 11.8 Å². The van der Waals surface area contributed by atoms with Gasteiger partial charge in [0.25, 0.3) is 0 Å². The first-order valence-electron chi connectivity index (χ1n) is 8.98. The summed E-state index contributed by atoms with van der Waals surface area (Å²) in [5.41, 5.74) is 3.37. The maximum absolute atomic E-state index is 11.7. The van der Waals surface area contributed by atoms with Crippen molar-refractivity contribution in [2.24, 2.45) is 17.3 Å². The summed E-state index contributed by atoms with van der Waals surface area (Å²) in [6.45, 7) is 6.09. The Kier molecular flexibility index (Phi) is 3.32. The number of aliphatic hydroxyl groups is 1. The van der Waals surface area contributed by atoms with Gasteiger partial charge in [-0.15, -0.1) is 6.58 Å². The minimum absolute atomic E-state index is 0.151. The van der Waals surface area contributed by atoms with Crippen molar-refractivity contribution in [1.29, 1.82) is 0 Å².